The zero-order chi connectivity index (χ0) is 20.6. The molecule has 0 aliphatic carbocycles. The third-order valence-corrected chi connectivity index (χ3v) is 4.91. The van der Waals surface area contributed by atoms with Gasteiger partial charge in [-0.2, -0.15) is 10.1 Å². The van der Waals surface area contributed by atoms with Crippen molar-refractivity contribution in [2.75, 3.05) is 18.5 Å². The van der Waals surface area contributed by atoms with Gasteiger partial charge in [0.25, 0.3) is 0 Å². The highest BCUT2D eigenvalue weighted by Crippen LogP contribution is 2.35. The van der Waals surface area contributed by atoms with Gasteiger partial charge >= 0.3 is 5.97 Å². The number of anilines is 1. The normalized spacial score (nSPS) is 15.6. The molecule has 0 saturated heterocycles. The van der Waals surface area contributed by atoms with Gasteiger partial charge in [0.05, 0.1) is 18.8 Å². The van der Waals surface area contributed by atoms with E-state index in [0.29, 0.717) is 24.7 Å². The first kappa shape index (κ1) is 20.9. The van der Waals surface area contributed by atoms with Crippen molar-refractivity contribution in [1.82, 2.24) is 14.8 Å². The van der Waals surface area contributed by atoms with Crippen molar-refractivity contribution < 1.29 is 14.3 Å². The fourth-order valence-corrected chi connectivity index (χ4v) is 3.40. The molecule has 1 atom stereocenters. The van der Waals surface area contributed by atoms with E-state index in [1.54, 1.807) is 4.68 Å². The smallest absolute Gasteiger partial charge is 0.338 e. The Balaban J connectivity index is 1.80. The first-order valence-corrected chi connectivity index (χ1v) is 10.4. The van der Waals surface area contributed by atoms with E-state index in [9.17, 15) is 4.79 Å². The molecule has 1 aliphatic heterocycles. The lowest BCUT2D eigenvalue weighted by atomic mass is 9.96. The number of allylic oxidation sites excluding steroid dienone is 1. The molecule has 156 valence electrons. The fourth-order valence-electron chi connectivity index (χ4n) is 3.40. The van der Waals surface area contributed by atoms with Crippen LogP contribution in [0.5, 0.6) is 5.75 Å². The van der Waals surface area contributed by atoms with Gasteiger partial charge in [0.1, 0.15) is 18.1 Å². The predicted molar refractivity (Wildman–Crippen MR) is 112 cm³/mol. The third kappa shape index (κ3) is 4.96. The van der Waals surface area contributed by atoms with Crippen LogP contribution in [-0.4, -0.2) is 33.9 Å². The summed E-state index contributed by atoms with van der Waals surface area (Å²) in [6.07, 6.45) is 6.95. The number of ether oxygens (including phenoxy) is 2. The Morgan fingerprint density at radius 3 is 2.62 bits per heavy atom. The second kappa shape index (κ2) is 10.1. The van der Waals surface area contributed by atoms with E-state index in [4.69, 9.17) is 9.47 Å². The molecule has 1 aliphatic rings. The van der Waals surface area contributed by atoms with Crippen LogP contribution < -0.4 is 10.1 Å². The predicted octanol–water partition coefficient (Wildman–Crippen LogP) is 4.48. The van der Waals surface area contributed by atoms with Crippen molar-refractivity contribution in [2.24, 2.45) is 0 Å². The van der Waals surface area contributed by atoms with Gasteiger partial charge in [-0.05, 0) is 37.5 Å². The highest BCUT2D eigenvalue weighted by molar-refractivity contribution is 5.92. The van der Waals surface area contributed by atoms with Crippen LogP contribution in [0.3, 0.4) is 0 Å². The number of esters is 1. The molecule has 7 nitrogen and oxygen atoms in total. The molecule has 0 saturated carbocycles. The van der Waals surface area contributed by atoms with Crippen molar-refractivity contribution in [3.05, 3.63) is 47.4 Å². The topological polar surface area (TPSA) is 78.3 Å². The summed E-state index contributed by atoms with van der Waals surface area (Å²) in [5.41, 5.74) is 2.21. The molecule has 7 heteroatoms. The monoisotopic (exact) mass is 398 g/mol. The molecule has 0 spiro atoms. The molecule has 29 heavy (non-hydrogen) atoms. The fraction of sp³-hybridized carbons (Fsp3) is 0.500. The van der Waals surface area contributed by atoms with Crippen molar-refractivity contribution >= 4 is 11.9 Å². The van der Waals surface area contributed by atoms with Crippen molar-refractivity contribution in [1.29, 1.82) is 0 Å². The van der Waals surface area contributed by atoms with Crippen LogP contribution in [0.15, 0.2) is 41.9 Å². The van der Waals surface area contributed by atoms with E-state index in [1.165, 1.54) is 25.6 Å². The van der Waals surface area contributed by atoms with Crippen LogP contribution in [-0.2, 0) is 9.53 Å². The number of hydrogen-bond acceptors (Lipinski definition) is 6. The van der Waals surface area contributed by atoms with Gasteiger partial charge in [-0.15, -0.1) is 0 Å². The van der Waals surface area contributed by atoms with Gasteiger partial charge in [-0.25, -0.2) is 9.48 Å². The summed E-state index contributed by atoms with van der Waals surface area (Å²) in [5.74, 6) is 1.10. The summed E-state index contributed by atoms with van der Waals surface area (Å²) in [6, 6.07) is 7.44. The minimum absolute atomic E-state index is 0.334. The Hall–Kier alpha value is -2.83. The Kier molecular flexibility index (Phi) is 7.27. The highest BCUT2D eigenvalue weighted by atomic mass is 16.5. The first-order chi connectivity index (χ1) is 14.2. The molecule has 1 unspecified atom stereocenters. The van der Waals surface area contributed by atoms with E-state index >= 15 is 0 Å². The summed E-state index contributed by atoms with van der Waals surface area (Å²) < 4.78 is 13.0. The number of benzene rings is 1. The van der Waals surface area contributed by atoms with Crippen LogP contribution in [0.2, 0.25) is 0 Å². The summed E-state index contributed by atoms with van der Waals surface area (Å²) in [4.78, 5) is 17.0. The number of nitrogens with one attached hydrogen (secondary N) is 1. The molecule has 1 aromatic carbocycles. The molecule has 1 aromatic heterocycles. The van der Waals surface area contributed by atoms with Crippen LogP contribution >= 0.6 is 0 Å². The van der Waals surface area contributed by atoms with Crippen LogP contribution in [0, 0.1) is 0 Å². The molecule has 3 rings (SSSR count). The van der Waals surface area contributed by atoms with Crippen LogP contribution in [0.4, 0.5) is 5.95 Å². The molecule has 2 heterocycles. The van der Waals surface area contributed by atoms with Gasteiger partial charge in [0.15, 0.2) is 0 Å². The second-order valence-corrected chi connectivity index (χ2v) is 7.21. The van der Waals surface area contributed by atoms with E-state index < -0.39 is 6.04 Å². The number of fused-ring (bicyclic) bond motifs is 1. The second-order valence-electron chi connectivity index (χ2n) is 7.21. The third-order valence-electron chi connectivity index (χ3n) is 4.91. The maximum absolute atomic E-state index is 12.8. The molecule has 0 fully saturated rings. The lowest BCUT2D eigenvalue weighted by Crippen LogP contribution is -2.29. The lowest BCUT2D eigenvalue weighted by Gasteiger charge is -2.28. The van der Waals surface area contributed by atoms with Crippen LogP contribution in [0.25, 0.3) is 0 Å². The average molecular weight is 399 g/mol. The van der Waals surface area contributed by atoms with E-state index in [1.807, 2.05) is 38.1 Å². The molecule has 1 N–H and O–H groups in total. The standard InChI is InChI=1S/C22H30N4O3/c1-4-6-7-8-14-28-18-11-9-17(10-12-18)20-19(21(27)29-13-5-2)16(3)25-22-23-15-24-26(20)22/h9-12,15,20H,4-8,13-14H2,1-3H3,(H,23,24,25). The Labute approximate surface area is 172 Å². The molecule has 0 radical (unpaired) electrons. The Morgan fingerprint density at radius 2 is 1.90 bits per heavy atom. The minimum atomic E-state index is -0.392. The number of carbonyl (C=O) groups is 1. The zero-order valence-corrected chi connectivity index (χ0v) is 17.5. The summed E-state index contributed by atoms with van der Waals surface area (Å²) >= 11 is 0. The maximum atomic E-state index is 12.8. The number of unbranched alkanes of at least 4 members (excludes halogenated alkanes) is 3. The number of carbonyl (C=O) groups excluding carboxylic acids is 1. The first-order valence-electron chi connectivity index (χ1n) is 10.4. The van der Waals surface area contributed by atoms with Gasteiger partial charge in [-0.3, -0.25) is 0 Å². The molecule has 0 bridgehead atoms. The average Bonchev–Trinajstić information content (AvgIpc) is 3.19. The largest absolute Gasteiger partial charge is 0.494 e. The Bertz CT molecular complexity index is 842. The SMILES string of the molecule is CCCCCCOc1ccc(C2C(C(=O)OCCC)=C(C)Nc3ncnn32)cc1. The van der Waals surface area contributed by atoms with Gasteiger partial charge in [0.2, 0.25) is 5.95 Å². The molecule has 2 aromatic rings. The van der Waals surface area contributed by atoms with Gasteiger partial charge in [-0.1, -0.05) is 45.2 Å². The van der Waals surface area contributed by atoms with E-state index in [0.717, 1.165) is 29.9 Å². The molecular formula is C22H30N4O3. The molecule has 0 amide bonds. The van der Waals surface area contributed by atoms with Crippen molar-refractivity contribution in [3.63, 3.8) is 0 Å². The number of nitrogens with zero attached hydrogens (tertiary/aromatic N) is 3. The molecular weight excluding hydrogens is 368 g/mol. The maximum Gasteiger partial charge on any atom is 0.338 e. The highest BCUT2D eigenvalue weighted by Gasteiger charge is 2.34. The van der Waals surface area contributed by atoms with E-state index in [2.05, 4.69) is 22.3 Å². The quantitative estimate of drug-likeness (QED) is 0.470. The summed E-state index contributed by atoms with van der Waals surface area (Å²) in [6.45, 7) is 7.14. The number of hydrogen-bond donors (Lipinski definition) is 1. The number of aromatic nitrogens is 3. The lowest BCUT2D eigenvalue weighted by molar-refractivity contribution is -0.139. The summed E-state index contributed by atoms with van der Waals surface area (Å²) in [5, 5.41) is 7.48. The van der Waals surface area contributed by atoms with Gasteiger partial charge < -0.3 is 14.8 Å². The van der Waals surface area contributed by atoms with Crippen molar-refractivity contribution in [3.8, 4) is 5.75 Å². The summed E-state index contributed by atoms with van der Waals surface area (Å²) in [7, 11) is 0. The van der Waals surface area contributed by atoms with Gasteiger partial charge in [0, 0.05) is 5.70 Å². The van der Waals surface area contributed by atoms with Crippen LogP contribution in [0.1, 0.15) is 64.5 Å². The minimum Gasteiger partial charge on any atom is -0.494 e. The van der Waals surface area contributed by atoms with E-state index in [-0.39, 0.29) is 5.97 Å². The van der Waals surface area contributed by atoms with Crippen molar-refractivity contribution in [2.45, 2.75) is 58.9 Å². The number of rotatable bonds is 10. The zero-order valence-electron chi connectivity index (χ0n) is 17.5. The Morgan fingerprint density at radius 1 is 1.10 bits per heavy atom.